The van der Waals surface area contributed by atoms with Gasteiger partial charge in [-0.05, 0) is 56.4 Å². The van der Waals surface area contributed by atoms with Crippen molar-refractivity contribution in [3.63, 3.8) is 0 Å². The van der Waals surface area contributed by atoms with Crippen LogP contribution in [-0.4, -0.2) is 42.0 Å². The minimum atomic E-state index is -0.430. The van der Waals surface area contributed by atoms with E-state index in [0.717, 1.165) is 24.2 Å². The molecule has 0 bridgehead atoms. The van der Waals surface area contributed by atoms with Gasteiger partial charge in [-0.15, -0.1) is 0 Å². The number of benzene rings is 1. The van der Waals surface area contributed by atoms with Crippen molar-refractivity contribution in [2.75, 3.05) is 20.6 Å². The average molecular weight is 299 g/mol. The Morgan fingerprint density at radius 1 is 1.18 bits per heavy atom. The van der Waals surface area contributed by atoms with Crippen LogP contribution in [0.25, 0.3) is 5.69 Å². The van der Waals surface area contributed by atoms with E-state index in [2.05, 4.69) is 16.0 Å². The Balaban J connectivity index is 2.40. The van der Waals surface area contributed by atoms with Crippen LogP contribution in [0.2, 0.25) is 0 Å². The summed E-state index contributed by atoms with van der Waals surface area (Å²) in [5, 5.41) is 0. The number of nitrogens with zero attached hydrogens (tertiary/aromatic N) is 3. The molecule has 6 heteroatoms. The van der Waals surface area contributed by atoms with E-state index in [0.29, 0.717) is 5.56 Å². The highest BCUT2D eigenvalue weighted by atomic mass is 16.1. The molecule has 0 radical (unpaired) electrons. The number of guanidine groups is 1. The van der Waals surface area contributed by atoms with E-state index >= 15 is 0 Å². The van der Waals surface area contributed by atoms with Crippen LogP contribution in [-0.2, 0) is 6.42 Å². The minimum absolute atomic E-state index is 0.230. The van der Waals surface area contributed by atoms with E-state index in [9.17, 15) is 4.79 Å². The smallest absolute Gasteiger partial charge is 0.280 e. The molecule has 0 spiro atoms. The van der Waals surface area contributed by atoms with Crippen molar-refractivity contribution in [2.45, 2.75) is 6.42 Å². The van der Waals surface area contributed by atoms with Crippen LogP contribution < -0.4 is 11.5 Å². The summed E-state index contributed by atoms with van der Waals surface area (Å²) >= 11 is 0. The Kier molecular flexibility index (Phi) is 4.95. The SMILES string of the molecule is CN(C)CCc1cc(C(=O)N=C(N)N)cc(-n2cccc2)c1. The maximum Gasteiger partial charge on any atom is 0.280 e. The molecule has 1 aromatic heterocycles. The number of rotatable bonds is 5. The standard InChI is InChI=1S/C16H21N5O/c1-20(2)8-5-12-9-13(15(22)19-16(17)18)11-14(10-12)21-6-3-4-7-21/h3-4,6-7,9-11H,5,8H2,1-2H3,(H4,17,18,19,22). The number of amides is 1. The van der Waals surface area contributed by atoms with Crippen molar-refractivity contribution in [3.8, 4) is 5.69 Å². The van der Waals surface area contributed by atoms with Gasteiger partial charge in [0.2, 0.25) is 0 Å². The van der Waals surface area contributed by atoms with Crippen LogP contribution in [0.1, 0.15) is 15.9 Å². The summed E-state index contributed by atoms with van der Waals surface area (Å²) < 4.78 is 1.95. The van der Waals surface area contributed by atoms with Crippen LogP contribution in [0.4, 0.5) is 0 Å². The van der Waals surface area contributed by atoms with Gasteiger partial charge in [-0.3, -0.25) is 4.79 Å². The molecule has 0 aliphatic carbocycles. The van der Waals surface area contributed by atoms with Crippen molar-refractivity contribution < 1.29 is 4.79 Å². The maximum atomic E-state index is 12.1. The van der Waals surface area contributed by atoms with Gasteiger partial charge in [0.1, 0.15) is 0 Å². The van der Waals surface area contributed by atoms with E-state index < -0.39 is 5.91 Å². The number of carbonyl (C=O) groups excluding carboxylic acids is 1. The maximum absolute atomic E-state index is 12.1. The second-order valence-corrected chi connectivity index (χ2v) is 5.37. The van der Waals surface area contributed by atoms with E-state index in [4.69, 9.17) is 11.5 Å². The van der Waals surface area contributed by atoms with Gasteiger partial charge in [-0.1, -0.05) is 0 Å². The molecular weight excluding hydrogens is 278 g/mol. The summed E-state index contributed by atoms with van der Waals surface area (Å²) in [6, 6.07) is 9.56. The summed E-state index contributed by atoms with van der Waals surface area (Å²) in [6.45, 7) is 0.894. The quantitative estimate of drug-likeness (QED) is 0.636. The Labute approximate surface area is 130 Å². The number of likely N-dealkylation sites (N-methyl/N-ethyl adjacent to an activating group) is 1. The van der Waals surface area contributed by atoms with Crippen LogP contribution >= 0.6 is 0 Å². The number of carbonyl (C=O) groups is 1. The molecule has 1 heterocycles. The van der Waals surface area contributed by atoms with Crippen molar-refractivity contribution in [3.05, 3.63) is 53.9 Å². The number of aliphatic imine (C=N–C) groups is 1. The van der Waals surface area contributed by atoms with E-state index in [-0.39, 0.29) is 5.96 Å². The van der Waals surface area contributed by atoms with Crippen molar-refractivity contribution in [2.24, 2.45) is 16.5 Å². The van der Waals surface area contributed by atoms with Crippen LogP contribution in [0.3, 0.4) is 0 Å². The molecule has 0 saturated heterocycles. The first-order valence-corrected chi connectivity index (χ1v) is 7.01. The zero-order valence-corrected chi connectivity index (χ0v) is 12.9. The van der Waals surface area contributed by atoms with Gasteiger partial charge >= 0.3 is 0 Å². The summed E-state index contributed by atoms with van der Waals surface area (Å²) in [4.78, 5) is 17.8. The minimum Gasteiger partial charge on any atom is -0.370 e. The van der Waals surface area contributed by atoms with Crippen LogP contribution in [0.15, 0.2) is 47.7 Å². The van der Waals surface area contributed by atoms with Crippen molar-refractivity contribution >= 4 is 11.9 Å². The third-order valence-electron chi connectivity index (χ3n) is 3.21. The number of aromatic nitrogens is 1. The van der Waals surface area contributed by atoms with Crippen LogP contribution in [0, 0.1) is 0 Å². The first-order valence-electron chi connectivity index (χ1n) is 7.01. The molecule has 1 aromatic carbocycles. The first-order chi connectivity index (χ1) is 10.5. The van der Waals surface area contributed by atoms with Gasteiger partial charge in [0.25, 0.3) is 5.91 Å². The summed E-state index contributed by atoms with van der Waals surface area (Å²) in [7, 11) is 4.03. The average Bonchev–Trinajstić information content (AvgIpc) is 2.98. The summed E-state index contributed by atoms with van der Waals surface area (Å²) in [5.74, 6) is -0.661. The van der Waals surface area contributed by atoms with Gasteiger partial charge in [-0.25, -0.2) is 0 Å². The fraction of sp³-hybridized carbons (Fsp3) is 0.250. The molecule has 116 valence electrons. The molecule has 0 fully saturated rings. The summed E-state index contributed by atoms with van der Waals surface area (Å²) in [5.41, 5.74) is 13.0. The third kappa shape index (κ3) is 4.20. The van der Waals surface area contributed by atoms with E-state index in [1.54, 1.807) is 6.07 Å². The zero-order chi connectivity index (χ0) is 16.1. The van der Waals surface area contributed by atoms with Gasteiger partial charge in [0.15, 0.2) is 5.96 Å². The molecule has 2 rings (SSSR count). The Bertz CT molecular complexity index is 670. The molecular formula is C16H21N5O. The molecule has 1 amide bonds. The molecule has 0 aliphatic heterocycles. The highest BCUT2D eigenvalue weighted by Crippen LogP contribution is 2.16. The third-order valence-corrected chi connectivity index (χ3v) is 3.21. The fourth-order valence-corrected chi connectivity index (χ4v) is 2.13. The molecule has 0 unspecified atom stereocenters. The number of nitrogens with two attached hydrogens (primary N) is 2. The predicted molar refractivity (Wildman–Crippen MR) is 88.2 cm³/mol. The Morgan fingerprint density at radius 2 is 1.86 bits per heavy atom. The Morgan fingerprint density at radius 3 is 2.45 bits per heavy atom. The molecule has 22 heavy (non-hydrogen) atoms. The second-order valence-electron chi connectivity index (χ2n) is 5.37. The van der Waals surface area contributed by atoms with E-state index in [1.165, 1.54) is 0 Å². The lowest BCUT2D eigenvalue weighted by atomic mass is 10.1. The predicted octanol–water partition coefficient (Wildman–Crippen LogP) is 0.995. The first kappa shape index (κ1) is 15.8. The van der Waals surface area contributed by atoms with E-state index in [1.807, 2.05) is 49.3 Å². The molecule has 6 nitrogen and oxygen atoms in total. The zero-order valence-electron chi connectivity index (χ0n) is 12.9. The highest BCUT2D eigenvalue weighted by molar-refractivity contribution is 6.02. The van der Waals surface area contributed by atoms with Crippen molar-refractivity contribution in [1.29, 1.82) is 0 Å². The fourth-order valence-electron chi connectivity index (χ4n) is 2.13. The lowest BCUT2D eigenvalue weighted by Crippen LogP contribution is -2.24. The van der Waals surface area contributed by atoms with Gasteiger partial charge in [-0.2, -0.15) is 4.99 Å². The van der Waals surface area contributed by atoms with Gasteiger partial charge in [0, 0.05) is 30.2 Å². The monoisotopic (exact) mass is 299 g/mol. The molecule has 0 aliphatic rings. The van der Waals surface area contributed by atoms with Crippen LogP contribution in [0.5, 0.6) is 0 Å². The van der Waals surface area contributed by atoms with Gasteiger partial charge < -0.3 is 20.9 Å². The largest absolute Gasteiger partial charge is 0.370 e. The molecule has 0 atom stereocenters. The Hall–Kier alpha value is -2.60. The normalized spacial score (nSPS) is 10.7. The lowest BCUT2D eigenvalue weighted by Gasteiger charge is -2.12. The molecule has 2 aromatic rings. The topological polar surface area (TPSA) is 89.6 Å². The second kappa shape index (κ2) is 6.91. The van der Waals surface area contributed by atoms with Crippen molar-refractivity contribution in [1.82, 2.24) is 9.47 Å². The number of hydrogen-bond acceptors (Lipinski definition) is 2. The molecule has 4 N–H and O–H groups in total. The number of hydrogen-bond donors (Lipinski definition) is 2. The lowest BCUT2D eigenvalue weighted by molar-refractivity contribution is 0.100. The molecule has 0 saturated carbocycles. The van der Waals surface area contributed by atoms with Gasteiger partial charge in [0.05, 0.1) is 0 Å². The highest BCUT2D eigenvalue weighted by Gasteiger charge is 2.09. The summed E-state index contributed by atoms with van der Waals surface area (Å²) in [6.07, 6.45) is 4.70.